The number of piperidine rings is 1. The largest absolute Gasteiger partial charge is 0.416 e. The van der Waals surface area contributed by atoms with Crippen LogP contribution in [0.25, 0.3) is 0 Å². The van der Waals surface area contributed by atoms with Gasteiger partial charge in [0.15, 0.2) is 0 Å². The van der Waals surface area contributed by atoms with Gasteiger partial charge in [-0.15, -0.1) is 0 Å². The molecule has 2 aromatic rings. The highest BCUT2D eigenvalue weighted by Crippen LogP contribution is 2.31. The second-order valence-corrected chi connectivity index (χ2v) is 8.41. The SMILES string of the molecule is O=C(CN1C(=O)N(CCc2ccccc2)C(=O)C2CCCNC21)Nc1cccc(C(F)(F)F)c1. The summed E-state index contributed by atoms with van der Waals surface area (Å²) in [5, 5.41) is 5.59. The van der Waals surface area contributed by atoms with Crippen LogP contribution >= 0.6 is 0 Å². The van der Waals surface area contributed by atoms with E-state index in [4.69, 9.17) is 0 Å². The second-order valence-electron chi connectivity index (χ2n) is 8.41. The molecule has 0 bridgehead atoms. The first-order chi connectivity index (χ1) is 16.2. The lowest BCUT2D eigenvalue weighted by Gasteiger charge is -2.46. The maximum Gasteiger partial charge on any atom is 0.416 e. The molecule has 4 rings (SSSR count). The van der Waals surface area contributed by atoms with Gasteiger partial charge in [0.1, 0.15) is 6.54 Å². The molecular weight excluding hydrogens is 449 g/mol. The van der Waals surface area contributed by atoms with Gasteiger partial charge in [0.2, 0.25) is 11.8 Å². The van der Waals surface area contributed by atoms with Crippen molar-refractivity contribution in [3.8, 4) is 0 Å². The Hall–Kier alpha value is -3.40. The molecule has 2 aliphatic heterocycles. The minimum absolute atomic E-state index is 0.0190. The fraction of sp³-hybridized carbons (Fsp3) is 0.375. The number of hydrogen-bond donors (Lipinski definition) is 2. The van der Waals surface area contributed by atoms with E-state index in [1.807, 2.05) is 30.3 Å². The molecule has 0 aromatic heterocycles. The Kier molecular flexibility index (Phi) is 6.87. The summed E-state index contributed by atoms with van der Waals surface area (Å²) in [6.45, 7) is 0.381. The van der Waals surface area contributed by atoms with Crippen molar-refractivity contribution in [2.45, 2.75) is 31.6 Å². The molecule has 0 saturated carbocycles. The van der Waals surface area contributed by atoms with Crippen molar-refractivity contribution in [1.82, 2.24) is 15.1 Å². The normalized spacial score (nSPS) is 20.8. The Labute approximate surface area is 194 Å². The predicted molar refractivity (Wildman–Crippen MR) is 119 cm³/mol. The van der Waals surface area contributed by atoms with Crippen LogP contribution < -0.4 is 10.6 Å². The summed E-state index contributed by atoms with van der Waals surface area (Å²) in [5.41, 5.74) is 0.0707. The minimum Gasteiger partial charge on any atom is -0.325 e. The molecule has 7 nitrogen and oxygen atoms in total. The third-order valence-corrected chi connectivity index (χ3v) is 6.08. The van der Waals surface area contributed by atoms with E-state index in [0.717, 1.165) is 24.1 Å². The van der Waals surface area contributed by atoms with Crippen LogP contribution in [-0.4, -0.2) is 53.4 Å². The van der Waals surface area contributed by atoms with Crippen LogP contribution in [0.4, 0.5) is 23.7 Å². The van der Waals surface area contributed by atoms with Crippen molar-refractivity contribution in [1.29, 1.82) is 0 Å². The highest BCUT2D eigenvalue weighted by molar-refractivity contribution is 6.01. The molecule has 180 valence electrons. The number of imide groups is 1. The van der Waals surface area contributed by atoms with Crippen molar-refractivity contribution in [2.75, 3.05) is 25.0 Å². The average molecular weight is 474 g/mol. The van der Waals surface area contributed by atoms with E-state index in [2.05, 4.69) is 10.6 Å². The fourth-order valence-electron chi connectivity index (χ4n) is 4.41. The molecule has 10 heteroatoms. The van der Waals surface area contributed by atoms with Crippen molar-refractivity contribution in [2.24, 2.45) is 5.92 Å². The number of amides is 4. The van der Waals surface area contributed by atoms with Crippen molar-refractivity contribution in [3.63, 3.8) is 0 Å². The van der Waals surface area contributed by atoms with Gasteiger partial charge in [0.25, 0.3) is 0 Å². The summed E-state index contributed by atoms with van der Waals surface area (Å²) in [7, 11) is 0. The standard InChI is InChI=1S/C24H25F3N4O3/c25-24(26,27)17-8-4-9-18(14-17)29-20(32)15-31-21-19(10-5-12-28-21)22(33)30(23(31)34)13-11-16-6-2-1-3-7-16/h1-4,6-9,14,19,21,28H,5,10-13,15H2,(H,29,32). The van der Waals surface area contributed by atoms with E-state index in [0.29, 0.717) is 19.4 Å². The molecule has 2 unspecified atom stereocenters. The number of nitrogens with one attached hydrogen (secondary N) is 2. The van der Waals surface area contributed by atoms with Crippen molar-refractivity contribution >= 4 is 23.5 Å². The molecule has 2 N–H and O–H groups in total. The Bertz CT molecular complexity index is 1060. The van der Waals surface area contributed by atoms with Gasteiger partial charge in [-0.05, 0) is 49.6 Å². The van der Waals surface area contributed by atoms with Crippen LogP contribution in [0, 0.1) is 5.92 Å². The fourth-order valence-corrected chi connectivity index (χ4v) is 4.41. The summed E-state index contributed by atoms with van der Waals surface area (Å²) in [6, 6.07) is 13.2. The highest BCUT2D eigenvalue weighted by Gasteiger charge is 2.47. The van der Waals surface area contributed by atoms with E-state index in [1.54, 1.807) is 0 Å². The Morgan fingerprint density at radius 3 is 2.59 bits per heavy atom. The third-order valence-electron chi connectivity index (χ3n) is 6.08. The molecule has 34 heavy (non-hydrogen) atoms. The zero-order chi connectivity index (χ0) is 24.3. The van der Waals surface area contributed by atoms with E-state index in [-0.39, 0.29) is 18.1 Å². The van der Waals surface area contributed by atoms with Crippen LogP contribution in [0.3, 0.4) is 0 Å². The number of nitrogens with zero attached hydrogens (tertiary/aromatic N) is 2. The van der Waals surface area contributed by atoms with Crippen LogP contribution in [0.1, 0.15) is 24.0 Å². The third kappa shape index (κ3) is 5.22. The molecule has 4 amide bonds. The lowest BCUT2D eigenvalue weighted by molar-refractivity contribution is -0.142. The number of fused-ring (bicyclic) bond motifs is 1. The topological polar surface area (TPSA) is 81.8 Å². The molecule has 0 aliphatic carbocycles. The second kappa shape index (κ2) is 9.84. The monoisotopic (exact) mass is 474 g/mol. The number of anilines is 1. The lowest BCUT2D eigenvalue weighted by Crippen LogP contribution is -2.68. The molecule has 2 aromatic carbocycles. The summed E-state index contributed by atoms with van der Waals surface area (Å²) in [6.07, 6.45) is -3.35. The van der Waals surface area contributed by atoms with Gasteiger partial charge >= 0.3 is 12.2 Å². The zero-order valence-electron chi connectivity index (χ0n) is 18.3. The van der Waals surface area contributed by atoms with Gasteiger partial charge in [-0.3, -0.25) is 24.7 Å². The average Bonchev–Trinajstić information content (AvgIpc) is 2.82. The number of benzene rings is 2. The van der Waals surface area contributed by atoms with Gasteiger partial charge in [0, 0.05) is 12.2 Å². The van der Waals surface area contributed by atoms with Crippen molar-refractivity contribution in [3.05, 3.63) is 65.7 Å². The predicted octanol–water partition coefficient (Wildman–Crippen LogP) is 3.48. The van der Waals surface area contributed by atoms with E-state index < -0.39 is 42.3 Å². The number of carbonyl (C=O) groups excluding carboxylic acids is 3. The molecule has 2 fully saturated rings. The summed E-state index contributed by atoms with van der Waals surface area (Å²) >= 11 is 0. The Morgan fingerprint density at radius 1 is 1.09 bits per heavy atom. The maximum atomic E-state index is 13.2. The number of hydrogen-bond acceptors (Lipinski definition) is 4. The smallest absolute Gasteiger partial charge is 0.325 e. The number of alkyl halides is 3. The summed E-state index contributed by atoms with van der Waals surface area (Å²) < 4.78 is 38.9. The quantitative estimate of drug-likeness (QED) is 0.672. The van der Waals surface area contributed by atoms with Crippen LogP contribution in [-0.2, 0) is 22.2 Å². The van der Waals surface area contributed by atoms with E-state index in [1.165, 1.54) is 21.9 Å². The minimum atomic E-state index is -4.54. The number of urea groups is 1. The molecule has 0 spiro atoms. The highest BCUT2D eigenvalue weighted by atomic mass is 19.4. The van der Waals surface area contributed by atoms with Crippen molar-refractivity contribution < 1.29 is 27.6 Å². The first-order valence-electron chi connectivity index (χ1n) is 11.1. The van der Waals surface area contributed by atoms with E-state index >= 15 is 0 Å². The molecule has 2 aliphatic rings. The summed E-state index contributed by atoms with van der Waals surface area (Å²) in [5.74, 6) is -1.40. The van der Waals surface area contributed by atoms with E-state index in [9.17, 15) is 27.6 Å². The van der Waals surface area contributed by atoms with Crippen LogP contribution in [0.15, 0.2) is 54.6 Å². The molecule has 0 radical (unpaired) electrons. The van der Waals surface area contributed by atoms with Gasteiger partial charge in [-0.1, -0.05) is 36.4 Å². The summed E-state index contributed by atoms with van der Waals surface area (Å²) in [4.78, 5) is 41.5. The molecule has 2 saturated heterocycles. The Morgan fingerprint density at radius 2 is 1.85 bits per heavy atom. The van der Waals surface area contributed by atoms with Crippen LogP contribution in [0.2, 0.25) is 0 Å². The number of carbonyl (C=O) groups is 3. The number of halogens is 3. The maximum absolute atomic E-state index is 13.2. The Balaban J connectivity index is 1.49. The first kappa shape index (κ1) is 23.7. The first-order valence-corrected chi connectivity index (χ1v) is 11.1. The van der Waals surface area contributed by atoms with Gasteiger partial charge in [-0.2, -0.15) is 13.2 Å². The molecule has 2 atom stereocenters. The molecule has 2 heterocycles. The van der Waals surface area contributed by atoms with Gasteiger partial charge in [0.05, 0.1) is 17.6 Å². The van der Waals surface area contributed by atoms with Gasteiger partial charge < -0.3 is 5.32 Å². The lowest BCUT2D eigenvalue weighted by atomic mass is 9.91. The van der Waals surface area contributed by atoms with Crippen LogP contribution in [0.5, 0.6) is 0 Å². The molecular formula is C24H25F3N4O3. The van der Waals surface area contributed by atoms with Gasteiger partial charge in [-0.25, -0.2) is 4.79 Å². The zero-order valence-corrected chi connectivity index (χ0v) is 18.3. The number of rotatable bonds is 6.